The molecule has 0 aliphatic rings. The van der Waals surface area contributed by atoms with Gasteiger partial charge in [-0.15, -0.1) is 22.7 Å². The minimum Gasteiger partial charge on any atom is -0.361 e. The van der Waals surface area contributed by atoms with Crippen molar-refractivity contribution in [1.82, 2.24) is 9.97 Å². The average molecular weight is 261 g/mol. The van der Waals surface area contributed by atoms with Crippen LogP contribution in [0.2, 0.25) is 0 Å². The van der Waals surface area contributed by atoms with Crippen LogP contribution >= 0.6 is 22.7 Å². The van der Waals surface area contributed by atoms with Gasteiger partial charge in [0.15, 0.2) is 0 Å². The van der Waals surface area contributed by atoms with Crippen LogP contribution in [0.1, 0.15) is 17.8 Å². The zero-order chi connectivity index (χ0) is 11.7. The van der Waals surface area contributed by atoms with Crippen molar-refractivity contribution in [3.8, 4) is 0 Å². The van der Waals surface area contributed by atoms with Gasteiger partial charge >= 0.3 is 0 Å². The fourth-order valence-electron chi connectivity index (χ4n) is 1.71. The van der Waals surface area contributed by atoms with Crippen molar-refractivity contribution in [3.05, 3.63) is 40.2 Å². The Morgan fingerprint density at radius 1 is 1.18 bits per heavy atom. The molecule has 3 rings (SSSR count). The normalized spacial score (nSPS) is 12.8. The van der Waals surface area contributed by atoms with E-state index in [0.29, 0.717) is 0 Å². The van der Waals surface area contributed by atoms with E-state index in [2.05, 4.69) is 39.7 Å². The first-order chi connectivity index (χ1) is 8.34. The molecule has 1 atom stereocenters. The number of hydrogen-bond acceptors (Lipinski definition) is 5. The summed E-state index contributed by atoms with van der Waals surface area (Å²) in [5.41, 5.74) is 1.01. The van der Waals surface area contributed by atoms with Crippen LogP contribution in [0, 0.1) is 0 Å². The van der Waals surface area contributed by atoms with Crippen LogP contribution in [0.3, 0.4) is 0 Å². The molecule has 0 bridgehead atoms. The molecule has 0 aromatic carbocycles. The summed E-state index contributed by atoms with van der Waals surface area (Å²) in [5.74, 6) is 0.922. The van der Waals surface area contributed by atoms with E-state index in [1.165, 1.54) is 4.88 Å². The van der Waals surface area contributed by atoms with Crippen molar-refractivity contribution < 1.29 is 0 Å². The number of rotatable bonds is 3. The molecule has 0 aliphatic carbocycles. The molecule has 0 aliphatic heterocycles. The van der Waals surface area contributed by atoms with Crippen molar-refractivity contribution in [3.63, 3.8) is 0 Å². The zero-order valence-corrected chi connectivity index (χ0v) is 10.9. The van der Waals surface area contributed by atoms with Gasteiger partial charge in [-0.1, -0.05) is 6.07 Å². The third kappa shape index (κ3) is 2.03. The van der Waals surface area contributed by atoms with Gasteiger partial charge in [0.25, 0.3) is 0 Å². The third-order valence-corrected chi connectivity index (χ3v) is 4.53. The first-order valence-electron chi connectivity index (χ1n) is 5.33. The number of nitrogens with one attached hydrogen (secondary N) is 1. The molecular formula is C12H11N3S2. The Balaban J connectivity index is 1.92. The maximum Gasteiger partial charge on any atom is 0.147 e. The van der Waals surface area contributed by atoms with Crippen molar-refractivity contribution >= 4 is 38.7 Å². The smallest absolute Gasteiger partial charge is 0.147 e. The molecule has 1 unspecified atom stereocenters. The Kier molecular flexibility index (Phi) is 2.78. The van der Waals surface area contributed by atoms with Gasteiger partial charge in [-0.3, -0.25) is 0 Å². The molecule has 0 saturated heterocycles. The molecule has 0 saturated carbocycles. The standard InChI is InChI=1S/C12H11N3S2/c1-8(10-3-2-5-16-10)15-12-11-9(4-6-17-11)13-7-14-12/h2-8H,1H3,(H,13,14,15). The van der Waals surface area contributed by atoms with Gasteiger partial charge in [0, 0.05) is 4.88 Å². The number of nitrogens with zero attached hydrogens (tertiary/aromatic N) is 2. The minimum absolute atomic E-state index is 0.273. The van der Waals surface area contributed by atoms with E-state index in [4.69, 9.17) is 0 Å². The van der Waals surface area contributed by atoms with E-state index in [1.807, 2.05) is 11.4 Å². The fraction of sp³-hybridized carbons (Fsp3) is 0.167. The van der Waals surface area contributed by atoms with Crippen LogP contribution < -0.4 is 5.32 Å². The molecule has 17 heavy (non-hydrogen) atoms. The van der Waals surface area contributed by atoms with E-state index in [-0.39, 0.29) is 6.04 Å². The summed E-state index contributed by atoms with van der Waals surface area (Å²) < 4.78 is 1.12. The molecule has 1 N–H and O–H groups in total. The minimum atomic E-state index is 0.273. The molecule has 86 valence electrons. The number of anilines is 1. The van der Waals surface area contributed by atoms with Crippen molar-refractivity contribution in [2.75, 3.05) is 5.32 Å². The lowest BCUT2D eigenvalue weighted by Gasteiger charge is -2.12. The maximum atomic E-state index is 4.32. The first kappa shape index (κ1) is 10.7. The van der Waals surface area contributed by atoms with E-state index in [9.17, 15) is 0 Å². The first-order valence-corrected chi connectivity index (χ1v) is 7.08. The predicted molar refractivity (Wildman–Crippen MR) is 73.8 cm³/mol. The highest BCUT2D eigenvalue weighted by molar-refractivity contribution is 7.17. The van der Waals surface area contributed by atoms with Crippen LogP contribution in [0.5, 0.6) is 0 Å². The average Bonchev–Trinajstić information content (AvgIpc) is 3.00. The highest BCUT2D eigenvalue weighted by Crippen LogP contribution is 2.28. The predicted octanol–water partition coefficient (Wildman–Crippen LogP) is 3.93. The Hall–Kier alpha value is -1.46. The molecule has 5 heteroatoms. The number of aromatic nitrogens is 2. The van der Waals surface area contributed by atoms with Crippen LogP contribution in [0.25, 0.3) is 10.2 Å². The number of fused-ring (bicyclic) bond motifs is 1. The van der Waals surface area contributed by atoms with Gasteiger partial charge in [-0.05, 0) is 29.8 Å². The van der Waals surface area contributed by atoms with Crippen molar-refractivity contribution in [2.45, 2.75) is 13.0 Å². The molecule has 3 heterocycles. The van der Waals surface area contributed by atoms with Crippen molar-refractivity contribution in [2.24, 2.45) is 0 Å². The molecule has 3 aromatic rings. The lowest BCUT2D eigenvalue weighted by Crippen LogP contribution is -2.06. The Morgan fingerprint density at radius 2 is 2.12 bits per heavy atom. The van der Waals surface area contributed by atoms with Gasteiger partial charge in [-0.2, -0.15) is 0 Å². The third-order valence-electron chi connectivity index (χ3n) is 2.57. The molecule has 0 fully saturated rings. The summed E-state index contributed by atoms with van der Waals surface area (Å²) in [4.78, 5) is 9.87. The second-order valence-corrected chi connectivity index (χ2v) is 5.63. The van der Waals surface area contributed by atoms with Crippen LogP contribution in [-0.2, 0) is 0 Å². The topological polar surface area (TPSA) is 37.8 Å². The lowest BCUT2D eigenvalue weighted by molar-refractivity contribution is 0.898. The van der Waals surface area contributed by atoms with Gasteiger partial charge in [0.05, 0.1) is 16.3 Å². The monoisotopic (exact) mass is 261 g/mol. The fourth-order valence-corrected chi connectivity index (χ4v) is 3.24. The summed E-state index contributed by atoms with van der Waals surface area (Å²) in [7, 11) is 0. The highest BCUT2D eigenvalue weighted by Gasteiger charge is 2.10. The molecule has 0 amide bonds. The number of thiophene rings is 2. The quantitative estimate of drug-likeness (QED) is 0.776. The molecule has 0 radical (unpaired) electrons. The van der Waals surface area contributed by atoms with E-state index in [1.54, 1.807) is 29.0 Å². The Bertz CT molecular complexity index is 616. The van der Waals surface area contributed by atoms with E-state index >= 15 is 0 Å². The van der Waals surface area contributed by atoms with Crippen molar-refractivity contribution in [1.29, 1.82) is 0 Å². The highest BCUT2D eigenvalue weighted by atomic mass is 32.1. The molecular weight excluding hydrogens is 250 g/mol. The van der Waals surface area contributed by atoms with E-state index < -0.39 is 0 Å². The summed E-state index contributed by atoms with van der Waals surface area (Å²) in [6, 6.07) is 6.49. The van der Waals surface area contributed by atoms with Gasteiger partial charge < -0.3 is 5.32 Å². The second kappa shape index (κ2) is 4.43. The SMILES string of the molecule is CC(Nc1ncnc2ccsc12)c1cccs1. The number of hydrogen-bond donors (Lipinski definition) is 1. The maximum absolute atomic E-state index is 4.32. The molecule has 0 spiro atoms. The summed E-state index contributed by atoms with van der Waals surface area (Å²) in [6.45, 7) is 2.15. The zero-order valence-electron chi connectivity index (χ0n) is 9.25. The second-order valence-electron chi connectivity index (χ2n) is 3.74. The van der Waals surface area contributed by atoms with Gasteiger partial charge in [0.2, 0.25) is 0 Å². The molecule has 3 aromatic heterocycles. The molecule has 3 nitrogen and oxygen atoms in total. The van der Waals surface area contributed by atoms with Crippen LogP contribution in [0.15, 0.2) is 35.3 Å². The van der Waals surface area contributed by atoms with Crippen LogP contribution in [-0.4, -0.2) is 9.97 Å². The Morgan fingerprint density at radius 3 is 2.94 bits per heavy atom. The van der Waals surface area contributed by atoms with Gasteiger partial charge in [0.1, 0.15) is 12.1 Å². The summed E-state index contributed by atoms with van der Waals surface area (Å²) in [6.07, 6.45) is 1.61. The Labute approximate surface area is 107 Å². The summed E-state index contributed by atoms with van der Waals surface area (Å²) >= 11 is 3.42. The van der Waals surface area contributed by atoms with E-state index in [0.717, 1.165) is 16.0 Å². The lowest BCUT2D eigenvalue weighted by atomic mass is 10.3. The summed E-state index contributed by atoms with van der Waals surface area (Å²) in [5, 5.41) is 7.58. The van der Waals surface area contributed by atoms with Crippen LogP contribution in [0.4, 0.5) is 5.82 Å². The largest absolute Gasteiger partial charge is 0.361 e. The van der Waals surface area contributed by atoms with Gasteiger partial charge in [-0.25, -0.2) is 9.97 Å².